The number of hydrogen-bond acceptors (Lipinski definition) is 8. The largest absolute Gasteiger partial charge is 0.445 e. The molecule has 0 atom stereocenters. The van der Waals surface area contributed by atoms with E-state index in [-0.39, 0.29) is 28.7 Å². The first kappa shape index (κ1) is 54.1. The van der Waals surface area contributed by atoms with Gasteiger partial charge in [0, 0.05) is 43.0 Å². The first-order chi connectivity index (χ1) is 32.6. The Hall–Kier alpha value is -5.54. The second-order valence-corrected chi connectivity index (χ2v) is 18.1. The zero-order valence-electron chi connectivity index (χ0n) is 40.2. The zero-order chi connectivity index (χ0) is 48.3. The van der Waals surface area contributed by atoms with Crippen molar-refractivity contribution in [2.75, 3.05) is 48.1 Å². The fourth-order valence-corrected chi connectivity index (χ4v) is 8.37. The van der Waals surface area contributed by atoms with Gasteiger partial charge in [-0.1, -0.05) is 162 Å². The van der Waals surface area contributed by atoms with E-state index >= 15 is 0 Å². The number of rotatable bonds is 30. The topological polar surface area (TPSA) is 107 Å². The van der Waals surface area contributed by atoms with E-state index in [0.29, 0.717) is 0 Å². The lowest BCUT2D eigenvalue weighted by atomic mass is 9.77. The van der Waals surface area contributed by atoms with Gasteiger partial charge in [0.2, 0.25) is 0 Å². The summed E-state index contributed by atoms with van der Waals surface area (Å²) in [4.78, 5) is 28.8. The predicted molar refractivity (Wildman–Crippen MR) is 277 cm³/mol. The van der Waals surface area contributed by atoms with Crippen LogP contribution in [0.25, 0.3) is 12.2 Å². The second kappa shape index (κ2) is 30.0. The summed E-state index contributed by atoms with van der Waals surface area (Å²) in [5.74, 6) is -1.44. The lowest BCUT2D eigenvalue weighted by molar-refractivity contribution is -0.137. The minimum absolute atomic E-state index is 0.0719. The van der Waals surface area contributed by atoms with Gasteiger partial charge in [-0.25, -0.2) is 9.59 Å². The number of hydrogen-bond donors (Lipinski definition) is 0. The third kappa shape index (κ3) is 18.2. The highest BCUT2D eigenvalue weighted by atomic mass is 35.5. The molecule has 0 aromatic heterocycles. The number of benzene rings is 4. The second-order valence-electron chi connectivity index (χ2n) is 17.6. The Labute approximate surface area is 411 Å². The number of carbonyl (C=O) groups is 2. The minimum Gasteiger partial charge on any atom is -0.445 e. The first-order valence-corrected chi connectivity index (χ1v) is 25.2. The fraction of sp³-hybridized carbons (Fsp3) is 0.439. The summed E-state index contributed by atoms with van der Waals surface area (Å²) in [5, 5.41) is 18.7. The van der Waals surface area contributed by atoms with Gasteiger partial charge in [0.15, 0.2) is 12.1 Å². The summed E-state index contributed by atoms with van der Waals surface area (Å²) < 4.78 is 9.53. The molecule has 0 fully saturated rings. The average molecular weight is 946 g/mol. The molecule has 4 rings (SSSR count). The van der Waals surface area contributed by atoms with Gasteiger partial charge in [-0.2, -0.15) is 10.5 Å². The molecule has 67 heavy (non-hydrogen) atoms. The highest BCUT2D eigenvalue weighted by molar-refractivity contribution is 6.18. The molecule has 0 saturated heterocycles. The minimum atomic E-state index is -0.718. The number of unbranched alkanes of at least 4 members (excludes halogenated alkanes) is 8. The highest BCUT2D eigenvalue weighted by Gasteiger charge is 2.23. The Morgan fingerprint density at radius 3 is 1.19 bits per heavy atom. The monoisotopic (exact) mass is 944 g/mol. The van der Waals surface area contributed by atoms with Gasteiger partial charge in [0.1, 0.15) is 23.3 Å². The summed E-state index contributed by atoms with van der Waals surface area (Å²) in [5.41, 5.74) is 9.05. The summed E-state index contributed by atoms with van der Waals surface area (Å²) in [6.07, 6.45) is 19.1. The molecule has 356 valence electrons. The zero-order valence-corrected chi connectivity index (χ0v) is 41.7. The number of nitriles is 2. The molecule has 0 saturated carbocycles. The Morgan fingerprint density at radius 1 is 0.522 bits per heavy atom. The average Bonchev–Trinajstić information content (AvgIpc) is 3.34. The van der Waals surface area contributed by atoms with E-state index in [1.165, 1.54) is 72.9 Å². The molecule has 0 N–H and O–H groups in total. The standard InChI is InChI=1S/C57H70Cl2N4O4/c1-5-7-35-62(53-31-23-47(24-32-53)39-49(41-60)55(64)66-43-58)37-15-11-9-13-17-45-19-27-51(28-20-45)57(3,4)52-29-21-46(22-30-52)18-14-10-12-16-38-63(36-8-6-2)54-33-25-48(26-34-54)40-50(42-61)56(65)67-44-59/h19-34,39-40H,5-18,35-38,43-44H2,1-4H3/b49-39+,50-40+. The van der Waals surface area contributed by atoms with Crippen LogP contribution in [-0.2, 0) is 37.3 Å². The van der Waals surface area contributed by atoms with Crippen molar-refractivity contribution in [1.29, 1.82) is 10.5 Å². The number of esters is 2. The molecular weight excluding hydrogens is 876 g/mol. The number of nitrogens with zero attached hydrogens (tertiary/aromatic N) is 4. The Bertz CT molecular complexity index is 2080. The molecule has 0 heterocycles. The van der Waals surface area contributed by atoms with E-state index in [9.17, 15) is 20.1 Å². The normalized spacial score (nSPS) is 11.7. The van der Waals surface area contributed by atoms with E-state index in [1.54, 1.807) is 0 Å². The Morgan fingerprint density at radius 2 is 0.866 bits per heavy atom. The molecule has 0 bridgehead atoms. The smallest absolute Gasteiger partial charge is 0.350 e. The van der Waals surface area contributed by atoms with Crippen molar-refractivity contribution in [2.24, 2.45) is 0 Å². The first-order valence-electron chi connectivity index (χ1n) is 24.1. The molecule has 8 nitrogen and oxygen atoms in total. The van der Waals surface area contributed by atoms with Crippen molar-refractivity contribution in [3.63, 3.8) is 0 Å². The molecule has 4 aromatic rings. The number of anilines is 2. The molecular formula is C57H70Cl2N4O4. The molecule has 0 amide bonds. The predicted octanol–water partition coefficient (Wildman–Crippen LogP) is 14.1. The molecule has 0 aliphatic heterocycles. The molecule has 0 aliphatic rings. The van der Waals surface area contributed by atoms with Crippen molar-refractivity contribution >= 4 is 58.7 Å². The maximum atomic E-state index is 12.0. The van der Waals surface area contributed by atoms with Crippen LogP contribution in [0.4, 0.5) is 11.4 Å². The van der Waals surface area contributed by atoms with Gasteiger partial charge in [0.05, 0.1) is 0 Å². The van der Waals surface area contributed by atoms with Gasteiger partial charge in [-0.3, -0.25) is 0 Å². The number of aryl methyl sites for hydroxylation is 2. The van der Waals surface area contributed by atoms with Gasteiger partial charge < -0.3 is 19.3 Å². The third-order valence-corrected chi connectivity index (χ3v) is 12.6. The summed E-state index contributed by atoms with van der Waals surface area (Å²) in [6.45, 7) is 13.1. The van der Waals surface area contributed by atoms with Crippen LogP contribution < -0.4 is 9.80 Å². The summed E-state index contributed by atoms with van der Waals surface area (Å²) in [6, 6.07) is 37.7. The van der Waals surface area contributed by atoms with Crippen LogP contribution in [0, 0.1) is 22.7 Å². The van der Waals surface area contributed by atoms with E-state index in [0.717, 1.165) is 100 Å². The van der Waals surface area contributed by atoms with E-state index in [4.69, 9.17) is 32.7 Å². The lowest BCUT2D eigenvalue weighted by Gasteiger charge is -2.26. The Kier molecular flexibility index (Phi) is 24.2. The van der Waals surface area contributed by atoms with Crippen molar-refractivity contribution < 1.29 is 19.1 Å². The van der Waals surface area contributed by atoms with Gasteiger partial charge in [-0.05, 0) is 121 Å². The Balaban J connectivity index is 1.17. The van der Waals surface area contributed by atoms with Gasteiger partial charge in [-0.15, -0.1) is 0 Å². The van der Waals surface area contributed by atoms with Crippen LogP contribution in [0.15, 0.2) is 108 Å². The van der Waals surface area contributed by atoms with Crippen LogP contribution in [0.1, 0.15) is 138 Å². The fourth-order valence-electron chi connectivity index (χ4n) is 8.18. The summed E-state index contributed by atoms with van der Waals surface area (Å²) in [7, 11) is 0. The summed E-state index contributed by atoms with van der Waals surface area (Å²) >= 11 is 11.0. The van der Waals surface area contributed by atoms with Crippen LogP contribution in [-0.4, -0.2) is 50.2 Å². The maximum absolute atomic E-state index is 12.0. The number of ether oxygens (including phenoxy) is 2. The number of halogens is 2. The molecule has 10 heteroatoms. The lowest BCUT2D eigenvalue weighted by Crippen LogP contribution is -2.25. The van der Waals surface area contributed by atoms with Gasteiger partial charge >= 0.3 is 11.9 Å². The molecule has 4 aromatic carbocycles. The van der Waals surface area contributed by atoms with Crippen LogP contribution >= 0.6 is 23.2 Å². The third-order valence-electron chi connectivity index (χ3n) is 12.4. The molecule has 0 radical (unpaired) electrons. The van der Waals surface area contributed by atoms with Crippen molar-refractivity contribution in [3.05, 3.63) is 142 Å². The van der Waals surface area contributed by atoms with E-state index < -0.39 is 11.9 Å². The maximum Gasteiger partial charge on any atom is 0.350 e. The quantitative estimate of drug-likeness (QED) is 0.0167. The molecule has 0 spiro atoms. The van der Waals surface area contributed by atoms with Crippen LogP contribution in [0.2, 0.25) is 0 Å². The van der Waals surface area contributed by atoms with E-state index in [1.807, 2.05) is 36.4 Å². The SMILES string of the molecule is CCCCN(CCCCCCc1ccc(C(C)(C)c2ccc(CCCCCCN(CCCC)c3ccc(/C=C(\C#N)C(=O)OCCl)cc3)cc2)cc1)c1ccc(/C=C(\C#N)C(=O)OCCl)cc1. The molecule has 0 unspecified atom stereocenters. The van der Waals surface area contributed by atoms with Crippen molar-refractivity contribution in [2.45, 2.75) is 123 Å². The highest BCUT2D eigenvalue weighted by Crippen LogP contribution is 2.32. The molecule has 0 aliphatic carbocycles. The van der Waals surface area contributed by atoms with Crippen molar-refractivity contribution in [3.8, 4) is 12.1 Å². The van der Waals surface area contributed by atoms with Gasteiger partial charge in [0.25, 0.3) is 0 Å². The number of alkyl halides is 2. The van der Waals surface area contributed by atoms with Crippen molar-refractivity contribution in [1.82, 2.24) is 0 Å². The van der Waals surface area contributed by atoms with Crippen LogP contribution in [0.5, 0.6) is 0 Å². The van der Waals surface area contributed by atoms with Crippen LogP contribution in [0.3, 0.4) is 0 Å². The number of carbonyl (C=O) groups excluding carboxylic acids is 2. The van der Waals surface area contributed by atoms with E-state index in [2.05, 4.69) is 110 Å².